The van der Waals surface area contributed by atoms with E-state index in [0.717, 1.165) is 22.1 Å². The lowest BCUT2D eigenvalue weighted by molar-refractivity contribution is 1.29. The molecule has 5 rings (SSSR count). The molecule has 0 amide bonds. The summed E-state index contributed by atoms with van der Waals surface area (Å²) in [6, 6.07) is 16.7. The smallest absolute Gasteiger partial charge is 0.0965 e. The second kappa shape index (κ2) is 4.83. The summed E-state index contributed by atoms with van der Waals surface area (Å²) in [6.07, 6.45) is 5.33. The van der Waals surface area contributed by atoms with Gasteiger partial charge in [-0.05, 0) is 29.8 Å². The van der Waals surface area contributed by atoms with Gasteiger partial charge in [0.2, 0.25) is 0 Å². The van der Waals surface area contributed by atoms with E-state index >= 15 is 0 Å². The first-order valence-electron chi connectivity index (χ1n) is 7.38. The van der Waals surface area contributed by atoms with E-state index in [1.54, 1.807) is 23.7 Å². The Morgan fingerprint density at radius 3 is 2.39 bits per heavy atom. The molecule has 0 saturated heterocycles. The van der Waals surface area contributed by atoms with E-state index < -0.39 is 0 Å². The Hall–Kier alpha value is -2.85. The van der Waals surface area contributed by atoms with E-state index in [4.69, 9.17) is 0 Å². The Kier molecular flexibility index (Phi) is 2.66. The van der Waals surface area contributed by atoms with Gasteiger partial charge in [-0.15, -0.1) is 11.3 Å². The van der Waals surface area contributed by atoms with Crippen LogP contribution in [-0.2, 0) is 0 Å². The maximum Gasteiger partial charge on any atom is 0.0965 e. The zero-order chi connectivity index (χ0) is 15.2. The molecule has 0 fully saturated rings. The standard InChI is InChI=1S/C19H11N3S/c1-5-13(18-14(6-1)20-10-11-22-18)12-4-2-7-15-17(12)19-16(23-15)8-3-9-21-19/h1-11H. The van der Waals surface area contributed by atoms with E-state index in [1.807, 2.05) is 24.4 Å². The summed E-state index contributed by atoms with van der Waals surface area (Å²) in [5, 5.41) is 1.20. The van der Waals surface area contributed by atoms with Crippen LogP contribution in [0.4, 0.5) is 0 Å². The quantitative estimate of drug-likeness (QED) is 0.434. The molecule has 0 unspecified atom stereocenters. The summed E-state index contributed by atoms with van der Waals surface area (Å²) < 4.78 is 2.46. The summed E-state index contributed by atoms with van der Waals surface area (Å²) in [5.41, 5.74) is 5.17. The topological polar surface area (TPSA) is 38.7 Å². The lowest BCUT2D eigenvalue weighted by atomic mass is 9.99. The van der Waals surface area contributed by atoms with Crippen LogP contribution in [0.1, 0.15) is 0 Å². The molecule has 0 saturated carbocycles. The van der Waals surface area contributed by atoms with Crippen LogP contribution in [0.15, 0.2) is 67.1 Å². The molecule has 0 radical (unpaired) electrons. The van der Waals surface area contributed by atoms with Crippen molar-refractivity contribution >= 4 is 42.7 Å². The van der Waals surface area contributed by atoms with E-state index in [9.17, 15) is 0 Å². The number of fused-ring (bicyclic) bond motifs is 4. The Labute approximate surface area is 136 Å². The minimum atomic E-state index is 0.912. The Bertz CT molecular complexity index is 1170. The van der Waals surface area contributed by atoms with Gasteiger partial charge in [0.05, 0.1) is 21.3 Å². The third-order valence-corrected chi connectivity index (χ3v) is 5.15. The van der Waals surface area contributed by atoms with Crippen molar-refractivity contribution < 1.29 is 0 Å². The normalized spacial score (nSPS) is 11.5. The molecule has 3 aromatic heterocycles. The fourth-order valence-electron chi connectivity index (χ4n) is 3.07. The number of rotatable bonds is 1. The molecule has 108 valence electrons. The summed E-state index contributed by atoms with van der Waals surface area (Å²) in [7, 11) is 0. The summed E-state index contributed by atoms with van der Waals surface area (Å²) in [4.78, 5) is 13.6. The number of para-hydroxylation sites is 1. The van der Waals surface area contributed by atoms with Crippen molar-refractivity contribution in [2.24, 2.45) is 0 Å². The molecule has 4 heteroatoms. The molecule has 5 aromatic rings. The van der Waals surface area contributed by atoms with E-state index in [0.29, 0.717) is 0 Å². The molecule has 0 aliphatic rings. The van der Waals surface area contributed by atoms with Gasteiger partial charge in [-0.2, -0.15) is 0 Å². The van der Waals surface area contributed by atoms with Crippen molar-refractivity contribution in [3.63, 3.8) is 0 Å². The first-order valence-corrected chi connectivity index (χ1v) is 8.20. The second-order valence-electron chi connectivity index (χ2n) is 5.36. The van der Waals surface area contributed by atoms with Crippen LogP contribution in [0.25, 0.3) is 42.5 Å². The van der Waals surface area contributed by atoms with Gasteiger partial charge in [0.15, 0.2) is 0 Å². The van der Waals surface area contributed by atoms with Gasteiger partial charge in [-0.25, -0.2) is 0 Å². The van der Waals surface area contributed by atoms with Crippen molar-refractivity contribution in [1.82, 2.24) is 15.0 Å². The lowest BCUT2D eigenvalue weighted by Gasteiger charge is -2.07. The molecule has 0 N–H and O–H groups in total. The van der Waals surface area contributed by atoms with Gasteiger partial charge in [0.25, 0.3) is 0 Å². The van der Waals surface area contributed by atoms with E-state index in [2.05, 4.69) is 45.3 Å². The van der Waals surface area contributed by atoms with Crippen molar-refractivity contribution in [1.29, 1.82) is 0 Å². The Morgan fingerprint density at radius 1 is 0.609 bits per heavy atom. The predicted octanol–water partition coefficient (Wildman–Crippen LogP) is 5.06. The number of pyridine rings is 1. The summed E-state index contributed by atoms with van der Waals surface area (Å²) in [5.74, 6) is 0. The molecule has 3 nitrogen and oxygen atoms in total. The molecule has 23 heavy (non-hydrogen) atoms. The number of nitrogens with zero attached hydrogens (tertiary/aromatic N) is 3. The van der Waals surface area contributed by atoms with Crippen molar-refractivity contribution in [3.05, 3.63) is 67.1 Å². The number of hydrogen-bond donors (Lipinski definition) is 0. The highest BCUT2D eigenvalue weighted by Gasteiger charge is 2.13. The minimum absolute atomic E-state index is 0.912. The first-order chi connectivity index (χ1) is 11.4. The average molecular weight is 313 g/mol. The molecule has 3 heterocycles. The first kappa shape index (κ1) is 12.7. The highest BCUT2D eigenvalue weighted by atomic mass is 32.1. The second-order valence-corrected chi connectivity index (χ2v) is 6.44. The van der Waals surface area contributed by atoms with Gasteiger partial charge in [-0.1, -0.05) is 24.3 Å². The van der Waals surface area contributed by atoms with Crippen LogP contribution in [0, 0.1) is 0 Å². The molecule has 0 atom stereocenters. The van der Waals surface area contributed by atoms with Gasteiger partial charge in [0, 0.05) is 34.2 Å². The van der Waals surface area contributed by atoms with Crippen molar-refractivity contribution in [3.8, 4) is 11.1 Å². The molecule has 2 aromatic carbocycles. The highest BCUT2D eigenvalue weighted by molar-refractivity contribution is 7.25. The Morgan fingerprint density at radius 2 is 1.39 bits per heavy atom. The zero-order valence-electron chi connectivity index (χ0n) is 12.1. The van der Waals surface area contributed by atoms with Crippen LogP contribution in [0.2, 0.25) is 0 Å². The summed E-state index contributed by atoms with van der Waals surface area (Å²) in [6.45, 7) is 0. The third-order valence-electron chi connectivity index (χ3n) is 4.04. The number of benzene rings is 2. The average Bonchev–Trinajstić information content (AvgIpc) is 3.00. The fraction of sp³-hybridized carbons (Fsp3) is 0. The van der Waals surface area contributed by atoms with E-state index in [-0.39, 0.29) is 0 Å². The van der Waals surface area contributed by atoms with Crippen LogP contribution < -0.4 is 0 Å². The zero-order valence-corrected chi connectivity index (χ0v) is 12.9. The molecule has 0 spiro atoms. The van der Waals surface area contributed by atoms with Gasteiger partial charge in [-0.3, -0.25) is 15.0 Å². The van der Waals surface area contributed by atoms with Crippen molar-refractivity contribution in [2.45, 2.75) is 0 Å². The van der Waals surface area contributed by atoms with Crippen LogP contribution in [0.3, 0.4) is 0 Å². The minimum Gasteiger partial charge on any atom is -0.255 e. The van der Waals surface area contributed by atoms with E-state index in [1.165, 1.54) is 20.3 Å². The predicted molar refractivity (Wildman–Crippen MR) is 95.7 cm³/mol. The van der Waals surface area contributed by atoms with Gasteiger partial charge >= 0.3 is 0 Å². The maximum atomic E-state index is 4.61. The largest absolute Gasteiger partial charge is 0.255 e. The molecule has 0 aliphatic heterocycles. The monoisotopic (exact) mass is 313 g/mol. The third kappa shape index (κ3) is 1.85. The van der Waals surface area contributed by atoms with Gasteiger partial charge < -0.3 is 0 Å². The lowest BCUT2D eigenvalue weighted by Crippen LogP contribution is -1.87. The molecule has 0 aliphatic carbocycles. The SMILES string of the molecule is c1cc(-c2cccc3sc4cccnc4c23)c2nccnc2c1. The summed E-state index contributed by atoms with van der Waals surface area (Å²) >= 11 is 1.78. The molecular formula is C19H11N3S. The van der Waals surface area contributed by atoms with Gasteiger partial charge in [0.1, 0.15) is 0 Å². The maximum absolute atomic E-state index is 4.61. The van der Waals surface area contributed by atoms with Crippen LogP contribution in [-0.4, -0.2) is 15.0 Å². The molecular weight excluding hydrogens is 302 g/mol. The van der Waals surface area contributed by atoms with Crippen LogP contribution >= 0.6 is 11.3 Å². The van der Waals surface area contributed by atoms with Crippen LogP contribution in [0.5, 0.6) is 0 Å². The number of thiophene rings is 1. The molecule has 0 bridgehead atoms. The Balaban J connectivity index is 1.96. The van der Waals surface area contributed by atoms with Crippen molar-refractivity contribution in [2.75, 3.05) is 0 Å². The fourth-order valence-corrected chi connectivity index (χ4v) is 4.16. The number of aromatic nitrogens is 3. The highest BCUT2D eigenvalue weighted by Crippen LogP contribution is 2.40. The number of hydrogen-bond acceptors (Lipinski definition) is 4.